The standard InChI is InChI=1S/C31H32N4O5/c1-30(2,3)40-26(36)18-31(14-8-15-33-31)27(37)24-19-32-29(35-16-13-22-10-5-6-12-25(22)35)34-28(24)39-20-21-9-7-11-23(17-21)38-4/h5-12,14-15,17,19H,13,16,18,20H2,1-4H3. The zero-order valence-corrected chi connectivity index (χ0v) is 23.1. The van der Waals surface area contributed by atoms with E-state index in [1.165, 1.54) is 18.0 Å². The van der Waals surface area contributed by atoms with Gasteiger partial charge < -0.3 is 19.1 Å². The van der Waals surface area contributed by atoms with Gasteiger partial charge in [-0.3, -0.25) is 14.6 Å². The number of ether oxygens (including phenoxy) is 3. The van der Waals surface area contributed by atoms with Gasteiger partial charge in [-0.15, -0.1) is 0 Å². The molecule has 0 radical (unpaired) electrons. The first-order chi connectivity index (χ1) is 19.2. The number of Topliss-reactive ketones (excluding diaryl/α,β-unsaturated/α-hetero) is 1. The number of esters is 1. The highest BCUT2D eigenvalue weighted by atomic mass is 16.6. The quantitative estimate of drug-likeness (QED) is 0.274. The van der Waals surface area contributed by atoms with Crippen molar-refractivity contribution in [2.75, 3.05) is 18.6 Å². The molecule has 40 heavy (non-hydrogen) atoms. The summed E-state index contributed by atoms with van der Waals surface area (Å²) < 4.78 is 17.0. The molecule has 0 fully saturated rings. The van der Waals surface area contributed by atoms with Crippen LogP contribution in [-0.2, 0) is 22.6 Å². The molecular weight excluding hydrogens is 508 g/mol. The topological polar surface area (TPSA) is 103 Å². The van der Waals surface area contributed by atoms with Crippen LogP contribution in [0.2, 0.25) is 0 Å². The number of hydrogen-bond acceptors (Lipinski definition) is 9. The fraction of sp³-hybridized carbons (Fsp3) is 0.323. The van der Waals surface area contributed by atoms with Gasteiger partial charge in [0.15, 0.2) is 5.54 Å². The van der Waals surface area contributed by atoms with Gasteiger partial charge in [-0.25, -0.2) is 4.98 Å². The molecule has 1 atom stereocenters. The minimum atomic E-state index is -1.47. The summed E-state index contributed by atoms with van der Waals surface area (Å²) in [6.45, 7) is 6.18. The highest BCUT2D eigenvalue weighted by molar-refractivity contribution is 6.10. The van der Waals surface area contributed by atoms with E-state index in [1.54, 1.807) is 40.0 Å². The monoisotopic (exact) mass is 540 g/mol. The number of aromatic nitrogens is 2. The van der Waals surface area contributed by atoms with Crippen molar-refractivity contribution < 1.29 is 23.8 Å². The molecular formula is C31H32N4O5. The fourth-order valence-electron chi connectivity index (χ4n) is 4.78. The Kier molecular flexibility index (Phi) is 7.38. The summed E-state index contributed by atoms with van der Waals surface area (Å²) >= 11 is 0. The van der Waals surface area contributed by atoms with Crippen LogP contribution >= 0.6 is 0 Å². The molecule has 2 aromatic carbocycles. The van der Waals surface area contributed by atoms with Crippen LogP contribution in [0.15, 0.2) is 71.9 Å². The maximum absolute atomic E-state index is 14.1. The van der Waals surface area contributed by atoms with Crippen LogP contribution in [0.3, 0.4) is 0 Å². The van der Waals surface area contributed by atoms with Gasteiger partial charge in [0.2, 0.25) is 17.6 Å². The van der Waals surface area contributed by atoms with Crippen LogP contribution in [0.1, 0.15) is 48.7 Å². The lowest BCUT2D eigenvalue weighted by Gasteiger charge is -2.26. The number of fused-ring (bicyclic) bond motifs is 1. The summed E-state index contributed by atoms with van der Waals surface area (Å²) in [5.41, 5.74) is 1.02. The zero-order chi connectivity index (χ0) is 28.3. The van der Waals surface area contributed by atoms with Crippen molar-refractivity contribution in [1.29, 1.82) is 0 Å². The summed E-state index contributed by atoms with van der Waals surface area (Å²) in [6.07, 6.45) is 6.83. The predicted molar refractivity (Wildman–Crippen MR) is 152 cm³/mol. The van der Waals surface area contributed by atoms with Gasteiger partial charge in [0, 0.05) is 24.6 Å². The van der Waals surface area contributed by atoms with Crippen molar-refractivity contribution >= 4 is 29.6 Å². The third-order valence-corrected chi connectivity index (χ3v) is 6.61. The molecule has 0 saturated heterocycles. The smallest absolute Gasteiger partial charge is 0.309 e. The van der Waals surface area contributed by atoms with Crippen LogP contribution in [0.4, 0.5) is 11.6 Å². The number of para-hydroxylation sites is 1. The molecule has 2 aliphatic rings. The largest absolute Gasteiger partial charge is 0.497 e. The molecule has 3 heterocycles. The van der Waals surface area contributed by atoms with E-state index in [1.807, 2.05) is 47.4 Å². The molecule has 9 heteroatoms. The Morgan fingerprint density at radius 3 is 2.67 bits per heavy atom. The van der Waals surface area contributed by atoms with E-state index < -0.39 is 22.9 Å². The van der Waals surface area contributed by atoms with Crippen LogP contribution in [0, 0.1) is 0 Å². The zero-order valence-electron chi connectivity index (χ0n) is 23.1. The van der Waals surface area contributed by atoms with Crippen LogP contribution in [-0.4, -0.2) is 52.7 Å². The molecule has 0 amide bonds. The highest BCUT2D eigenvalue weighted by Crippen LogP contribution is 2.36. The number of hydrogen-bond donors (Lipinski definition) is 0. The average Bonchev–Trinajstić information content (AvgIpc) is 3.58. The van der Waals surface area contributed by atoms with Crippen LogP contribution in [0.25, 0.3) is 0 Å². The number of benzene rings is 2. The van der Waals surface area contributed by atoms with Crippen LogP contribution < -0.4 is 14.4 Å². The lowest BCUT2D eigenvalue weighted by atomic mass is 9.88. The highest BCUT2D eigenvalue weighted by Gasteiger charge is 2.43. The Morgan fingerprint density at radius 1 is 1.10 bits per heavy atom. The van der Waals surface area contributed by atoms with E-state index in [0.29, 0.717) is 18.2 Å². The lowest BCUT2D eigenvalue weighted by Crippen LogP contribution is -2.38. The number of rotatable bonds is 9. The van der Waals surface area contributed by atoms with Gasteiger partial charge in [0.25, 0.3) is 0 Å². The van der Waals surface area contributed by atoms with Crippen molar-refractivity contribution in [3.63, 3.8) is 0 Å². The van der Waals surface area contributed by atoms with E-state index in [2.05, 4.69) is 16.0 Å². The van der Waals surface area contributed by atoms with E-state index in [4.69, 9.17) is 19.2 Å². The molecule has 0 N–H and O–H groups in total. The number of ketones is 1. The fourth-order valence-corrected chi connectivity index (χ4v) is 4.78. The first-order valence-corrected chi connectivity index (χ1v) is 13.2. The number of methoxy groups -OCH3 is 1. The van der Waals surface area contributed by atoms with E-state index >= 15 is 0 Å². The first-order valence-electron chi connectivity index (χ1n) is 13.2. The minimum Gasteiger partial charge on any atom is -0.497 e. The maximum atomic E-state index is 14.1. The van der Waals surface area contributed by atoms with Crippen LogP contribution in [0.5, 0.6) is 11.6 Å². The molecule has 2 aliphatic heterocycles. The number of carbonyl (C=O) groups excluding carboxylic acids is 2. The number of allylic oxidation sites excluding steroid dienone is 1. The number of aliphatic imine (C=N–C) groups is 1. The molecule has 1 unspecified atom stereocenters. The molecule has 3 aromatic rings. The second-order valence-corrected chi connectivity index (χ2v) is 10.7. The SMILES string of the molecule is COc1cccc(COc2nc(N3CCc4ccccc43)ncc2C(=O)C2(CC(=O)OC(C)(C)C)C=CC=N2)c1. The van der Waals surface area contributed by atoms with E-state index in [0.717, 1.165) is 17.7 Å². The first kappa shape index (κ1) is 27.1. The lowest BCUT2D eigenvalue weighted by molar-refractivity contribution is -0.155. The Labute approximate surface area is 233 Å². The van der Waals surface area contributed by atoms with Crippen molar-refractivity contribution in [3.05, 3.63) is 83.6 Å². The normalized spacial score (nSPS) is 17.6. The number of anilines is 2. The van der Waals surface area contributed by atoms with Crippen molar-refractivity contribution in [3.8, 4) is 11.6 Å². The Morgan fingerprint density at radius 2 is 1.93 bits per heavy atom. The van der Waals surface area contributed by atoms with Gasteiger partial charge >= 0.3 is 5.97 Å². The van der Waals surface area contributed by atoms with E-state index in [9.17, 15) is 9.59 Å². The number of carbonyl (C=O) groups is 2. The van der Waals surface area contributed by atoms with Crippen molar-refractivity contribution in [2.45, 2.75) is 51.4 Å². The van der Waals surface area contributed by atoms with Gasteiger partial charge in [-0.05, 0) is 68.7 Å². The Balaban J connectivity index is 1.50. The van der Waals surface area contributed by atoms with Crippen molar-refractivity contribution in [1.82, 2.24) is 9.97 Å². The summed E-state index contributed by atoms with van der Waals surface area (Å²) in [5, 5.41) is 0. The van der Waals surface area contributed by atoms with E-state index in [-0.39, 0.29) is 24.5 Å². The molecule has 0 bridgehead atoms. The van der Waals surface area contributed by atoms with Crippen molar-refractivity contribution in [2.24, 2.45) is 4.99 Å². The third kappa shape index (κ3) is 5.73. The molecule has 1 aromatic heterocycles. The Bertz CT molecular complexity index is 1480. The molecule has 0 spiro atoms. The molecule has 0 saturated carbocycles. The van der Waals surface area contributed by atoms with Gasteiger partial charge in [-0.2, -0.15) is 4.98 Å². The average molecular weight is 541 g/mol. The predicted octanol–water partition coefficient (Wildman–Crippen LogP) is 5.05. The number of nitrogens with zero attached hydrogens (tertiary/aromatic N) is 4. The Hall–Kier alpha value is -4.53. The molecule has 0 aliphatic carbocycles. The molecule has 5 rings (SSSR count). The summed E-state index contributed by atoms with van der Waals surface area (Å²) in [5.74, 6) is 0.248. The minimum absolute atomic E-state index is 0.112. The third-order valence-electron chi connectivity index (χ3n) is 6.61. The van der Waals surface area contributed by atoms with Gasteiger partial charge in [-0.1, -0.05) is 30.3 Å². The second kappa shape index (κ2) is 10.9. The van der Waals surface area contributed by atoms with Gasteiger partial charge in [0.05, 0.1) is 13.5 Å². The summed E-state index contributed by atoms with van der Waals surface area (Å²) in [4.78, 5) is 42.6. The van der Waals surface area contributed by atoms with Gasteiger partial charge in [0.1, 0.15) is 23.5 Å². The summed E-state index contributed by atoms with van der Waals surface area (Å²) in [7, 11) is 1.60. The maximum Gasteiger partial charge on any atom is 0.309 e. The molecule has 9 nitrogen and oxygen atoms in total. The molecule has 206 valence electrons. The second-order valence-electron chi connectivity index (χ2n) is 10.7. The summed E-state index contributed by atoms with van der Waals surface area (Å²) in [6, 6.07) is 15.5.